The van der Waals surface area contributed by atoms with Gasteiger partial charge < -0.3 is 25.8 Å². The van der Waals surface area contributed by atoms with Crippen LogP contribution in [0.4, 0.5) is 0 Å². The van der Waals surface area contributed by atoms with Gasteiger partial charge in [0.15, 0.2) is 0 Å². The molecule has 1 aliphatic heterocycles. The summed E-state index contributed by atoms with van der Waals surface area (Å²) in [5.41, 5.74) is 3.36. The quantitative estimate of drug-likeness (QED) is 0.364. The maximum absolute atomic E-state index is 13.5. The molecule has 1 aliphatic rings. The van der Waals surface area contributed by atoms with Gasteiger partial charge >= 0.3 is 0 Å². The number of nitrogen functional groups attached to an aromatic ring is 1. The van der Waals surface area contributed by atoms with E-state index >= 15 is 0 Å². The van der Waals surface area contributed by atoms with Gasteiger partial charge in [0.25, 0.3) is 11.5 Å². The van der Waals surface area contributed by atoms with Gasteiger partial charge in [-0.25, -0.2) is 4.68 Å². The van der Waals surface area contributed by atoms with Gasteiger partial charge in [-0.2, -0.15) is 0 Å². The summed E-state index contributed by atoms with van der Waals surface area (Å²) in [7, 11) is 0. The highest BCUT2D eigenvalue weighted by molar-refractivity contribution is 6.07. The number of ether oxygens (including phenoxy) is 1. The minimum absolute atomic E-state index is 0.116. The molecule has 9 nitrogen and oxygen atoms in total. The fourth-order valence-corrected chi connectivity index (χ4v) is 4.98. The number of fused-ring (bicyclic) bond motifs is 1. The topological polar surface area (TPSA) is 107 Å². The van der Waals surface area contributed by atoms with Crippen LogP contribution in [0.1, 0.15) is 60.4 Å². The summed E-state index contributed by atoms with van der Waals surface area (Å²) < 4.78 is 9.44. The second-order valence-electron chi connectivity index (χ2n) is 10.1. The molecule has 3 heterocycles. The first kappa shape index (κ1) is 26.8. The Bertz CT molecular complexity index is 1300. The number of carbonyl (C=O) groups is 1. The van der Waals surface area contributed by atoms with E-state index in [0.29, 0.717) is 29.2 Å². The van der Waals surface area contributed by atoms with E-state index in [9.17, 15) is 9.59 Å². The number of benzene rings is 1. The SMILES string of the molecule is CCCc1cc(C)n(N)c(=O)c1CNC(=O)c1cc(OCCN2CCNCC2)cc2c1ccn2C(C)C. The Morgan fingerprint density at radius 1 is 1.22 bits per heavy atom. The van der Waals surface area contributed by atoms with Crippen molar-refractivity contribution in [3.05, 3.63) is 63.2 Å². The number of pyridine rings is 1. The lowest BCUT2D eigenvalue weighted by atomic mass is 10.0. The van der Waals surface area contributed by atoms with Gasteiger partial charge in [-0.05, 0) is 51.0 Å². The third-order valence-electron chi connectivity index (χ3n) is 7.07. The highest BCUT2D eigenvalue weighted by Gasteiger charge is 2.19. The third kappa shape index (κ3) is 5.99. The molecule has 3 aromatic rings. The molecule has 0 radical (unpaired) electrons. The van der Waals surface area contributed by atoms with Crippen LogP contribution in [0.5, 0.6) is 5.75 Å². The highest BCUT2D eigenvalue weighted by atomic mass is 16.5. The molecule has 4 N–H and O–H groups in total. The summed E-state index contributed by atoms with van der Waals surface area (Å²) in [4.78, 5) is 28.7. The highest BCUT2D eigenvalue weighted by Crippen LogP contribution is 2.29. The molecule has 9 heteroatoms. The Balaban J connectivity index is 1.58. The van der Waals surface area contributed by atoms with Gasteiger partial charge in [0.1, 0.15) is 12.4 Å². The Morgan fingerprint density at radius 2 is 1.97 bits per heavy atom. The first-order valence-corrected chi connectivity index (χ1v) is 13.3. The van der Waals surface area contributed by atoms with E-state index in [1.165, 1.54) is 0 Å². The monoisotopic (exact) mass is 508 g/mol. The van der Waals surface area contributed by atoms with E-state index < -0.39 is 0 Å². The largest absolute Gasteiger partial charge is 0.492 e. The number of hydrogen-bond acceptors (Lipinski definition) is 6. The van der Waals surface area contributed by atoms with Crippen molar-refractivity contribution in [1.82, 2.24) is 24.8 Å². The molecule has 0 atom stereocenters. The van der Waals surface area contributed by atoms with Crippen LogP contribution in [0, 0.1) is 6.92 Å². The summed E-state index contributed by atoms with van der Waals surface area (Å²) in [5.74, 6) is 6.38. The second kappa shape index (κ2) is 11.8. The smallest absolute Gasteiger partial charge is 0.274 e. The van der Waals surface area contributed by atoms with Crippen LogP contribution in [0.15, 0.2) is 35.3 Å². The van der Waals surface area contributed by atoms with Crippen LogP contribution in [0.25, 0.3) is 10.9 Å². The summed E-state index contributed by atoms with van der Waals surface area (Å²) in [6.45, 7) is 13.6. The van der Waals surface area contributed by atoms with Gasteiger partial charge in [0, 0.05) is 74.2 Å². The maximum Gasteiger partial charge on any atom is 0.274 e. The van der Waals surface area contributed by atoms with Gasteiger partial charge in [-0.3, -0.25) is 14.5 Å². The minimum atomic E-state index is -0.273. The van der Waals surface area contributed by atoms with Gasteiger partial charge in [-0.15, -0.1) is 0 Å². The second-order valence-corrected chi connectivity index (χ2v) is 10.1. The van der Waals surface area contributed by atoms with Crippen molar-refractivity contribution in [1.29, 1.82) is 0 Å². The number of aromatic nitrogens is 2. The number of rotatable bonds is 10. The van der Waals surface area contributed by atoms with Gasteiger partial charge in [-0.1, -0.05) is 13.3 Å². The lowest BCUT2D eigenvalue weighted by Gasteiger charge is -2.27. The van der Waals surface area contributed by atoms with E-state index in [2.05, 4.69) is 40.9 Å². The van der Waals surface area contributed by atoms with Crippen LogP contribution < -0.4 is 26.8 Å². The number of piperazine rings is 1. The Labute approximate surface area is 218 Å². The summed E-state index contributed by atoms with van der Waals surface area (Å²) in [6.07, 6.45) is 3.65. The van der Waals surface area contributed by atoms with Crippen molar-refractivity contribution in [2.45, 2.75) is 53.1 Å². The summed E-state index contributed by atoms with van der Waals surface area (Å²) in [5, 5.41) is 7.20. The molecule has 0 bridgehead atoms. The number of carbonyl (C=O) groups excluding carboxylic acids is 1. The molecule has 0 spiro atoms. The first-order valence-electron chi connectivity index (χ1n) is 13.3. The number of aryl methyl sites for hydroxylation is 2. The number of nitrogens with two attached hydrogens (primary N) is 1. The van der Waals surface area contributed by atoms with Gasteiger partial charge in [0.05, 0.1) is 11.1 Å². The number of nitrogens with one attached hydrogen (secondary N) is 2. The van der Waals surface area contributed by atoms with Crippen molar-refractivity contribution >= 4 is 16.8 Å². The minimum Gasteiger partial charge on any atom is -0.492 e. The lowest BCUT2D eigenvalue weighted by molar-refractivity contribution is 0.0951. The van der Waals surface area contributed by atoms with Crippen molar-refractivity contribution in [3.63, 3.8) is 0 Å². The zero-order valence-electron chi connectivity index (χ0n) is 22.5. The molecule has 0 unspecified atom stereocenters. The van der Waals surface area contributed by atoms with Crippen molar-refractivity contribution in [2.24, 2.45) is 0 Å². The van der Waals surface area contributed by atoms with E-state index in [-0.39, 0.29) is 24.1 Å². The molecule has 1 aromatic carbocycles. The Morgan fingerprint density at radius 3 is 2.68 bits per heavy atom. The lowest BCUT2D eigenvalue weighted by Crippen LogP contribution is -2.44. The summed E-state index contributed by atoms with van der Waals surface area (Å²) >= 11 is 0. The Kier molecular flexibility index (Phi) is 8.56. The molecule has 37 heavy (non-hydrogen) atoms. The molecule has 1 amide bonds. The Hall–Kier alpha value is -3.30. The number of nitrogens with zero attached hydrogens (tertiary/aromatic N) is 3. The predicted octanol–water partition coefficient (Wildman–Crippen LogP) is 2.57. The fourth-order valence-electron chi connectivity index (χ4n) is 4.98. The molecule has 1 fully saturated rings. The fraction of sp³-hybridized carbons (Fsp3) is 0.500. The van der Waals surface area contributed by atoms with Crippen LogP contribution >= 0.6 is 0 Å². The van der Waals surface area contributed by atoms with E-state index in [4.69, 9.17) is 10.6 Å². The molecule has 4 rings (SSSR count). The van der Waals surface area contributed by atoms with Crippen LogP contribution in [-0.2, 0) is 13.0 Å². The van der Waals surface area contributed by atoms with Crippen LogP contribution in [-0.4, -0.2) is 59.4 Å². The maximum atomic E-state index is 13.5. The summed E-state index contributed by atoms with van der Waals surface area (Å²) in [6, 6.07) is 7.95. The average Bonchev–Trinajstić information content (AvgIpc) is 3.32. The van der Waals surface area contributed by atoms with E-state index in [1.807, 2.05) is 37.4 Å². The van der Waals surface area contributed by atoms with Gasteiger partial charge in [0.2, 0.25) is 0 Å². The van der Waals surface area contributed by atoms with Crippen LogP contribution in [0.3, 0.4) is 0 Å². The predicted molar refractivity (Wildman–Crippen MR) is 148 cm³/mol. The van der Waals surface area contributed by atoms with Crippen molar-refractivity contribution in [3.8, 4) is 5.75 Å². The molecule has 1 saturated heterocycles. The standard InChI is InChI=1S/C28H40N6O3/c1-5-6-21-15-20(4)34(29)28(36)25(21)18-31-27(35)24-16-22(37-14-13-32-11-8-30-9-12-32)17-26-23(24)7-10-33(26)19(2)3/h7,10,15-17,19,30H,5-6,8-9,11-14,18,29H2,1-4H3,(H,31,35). The normalized spacial score (nSPS) is 14.4. The third-order valence-corrected chi connectivity index (χ3v) is 7.07. The van der Waals surface area contributed by atoms with Crippen LogP contribution in [0.2, 0.25) is 0 Å². The molecule has 2 aromatic heterocycles. The van der Waals surface area contributed by atoms with Crippen molar-refractivity contribution < 1.29 is 9.53 Å². The van der Waals surface area contributed by atoms with Crippen molar-refractivity contribution in [2.75, 3.05) is 45.2 Å². The molecule has 0 saturated carbocycles. The zero-order valence-corrected chi connectivity index (χ0v) is 22.5. The molecule has 200 valence electrons. The van der Waals surface area contributed by atoms with E-state index in [1.54, 1.807) is 0 Å². The molecule has 0 aliphatic carbocycles. The number of hydrogen-bond donors (Lipinski definition) is 3. The zero-order chi connectivity index (χ0) is 26.5. The molecular weight excluding hydrogens is 468 g/mol. The van der Waals surface area contributed by atoms with E-state index in [0.717, 1.165) is 66.7 Å². The first-order chi connectivity index (χ1) is 17.8. The number of amides is 1. The average molecular weight is 509 g/mol. The molecular formula is C28H40N6O3.